The third kappa shape index (κ3) is 3.10. The number of nitrogens with zero attached hydrogens (tertiary/aromatic N) is 1. The SMILES string of the molecule is CCN(CC)Cc1cc2ccc(C(F)(F)F)cc2[nH]1. The third-order valence-electron chi connectivity index (χ3n) is 3.29. The van der Waals surface area contributed by atoms with Crippen LogP contribution in [0.2, 0.25) is 0 Å². The topological polar surface area (TPSA) is 19.0 Å². The zero-order valence-electron chi connectivity index (χ0n) is 11.0. The molecule has 0 aliphatic heterocycles. The maximum Gasteiger partial charge on any atom is 0.416 e. The zero-order valence-corrected chi connectivity index (χ0v) is 11.0. The number of hydrogen-bond acceptors (Lipinski definition) is 1. The van der Waals surface area contributed by atoms with Crippen LogP contribution in [-0.4, -0.2) is 23.0 Å². The van der Waals surface area contributed by atoms with Gasteiger partial charge in [0.15, 0.2) is 0 Å². The number of aromatic amines is 1. The first kappa shape index (κ1) is 13.9. The molecule has 0 radical (unpaired) electrons. The van der Waals surface area contributed by atoms with E-state index in [0.29, 0.717) is 5.52 Å². The van der Waals surface area contributed by atoms with Crippen molar-refractivity contribution in [1.29, 1.82) is 0 Å². The summed E-state index contributed by atoms with van der Waals surface area (Å²) in [6.07, 6.45) is -4.29. The van der Waals surface area contributed by atoms with Crippen LogP contribution in [0, 0.1) is 0 Å². The highest BCUT2D eigenvalue weighted by molar-refractivity contribution is 5.81. The molecule has 0 aliphatic rings. The molecular formula is C14H17F3N2. The van der Waals surface area contributed by atoms with Crippen LogP contribution in [0.3, 0.4) is 0 Å². The van der Waals surface area contributed by atoms with Crippen LogP contribution in [0.5, 0.6) is 0 Å². The van der Waals surface area contributed by atoms with Gasteiger partial charge in [0.1, 0.15) is 0 Å². The molecule has 0 unspecified atom stereocenters. The fraction of sp³-hybridized carbons (Fsp3) is 0.429. The predicted molar refractivity (Wildman–Crippen MR) is 69.9 cm³/mol. The Morgan fingerprint density at radius 1 is 1.11 bits per heavy atom. The smallest absolute Gasteiger partial charge is 0.357 e. The van der Waals surface area contributed by atoms with E-state index in [0.717, 1.165) is 36.8 Å². The van der Waals surface area contributed by atoms with Crippen molar-refractivity contribution in [3.05, 3.63) is 35.5 Å². The molecule has 0 spiro atoms. The largest absolute Gasteiger partial charge is 0.416 e. The van der Waals surface area contributed by atoms with E-state index in [9.17, 15) is 13.2 Å². The van der Waals surface area contributed by atoms with Crippen molar-refractivity contribution < 1.29 is 13.2 Å². The summed E-state index contributed by atoms with van der Waals surface area (Å²) >= 11 is 0. The molecule has 0 saturated heterocycles. The van der Waals surface area contributed by atoms with Crippen LogP contribution in [0.15, 0.2) is 24.3 Å². The predicted octanol–water partition coefficient (Wildman–Crippen LogP) is 4.03. The molecule has 1 aromatic carbocycles. The summed E-state index contributed by atoms with van der Waals surface area (Å²) in [4.78, 5) is 5.27. The maximum absolute atomic E-state index is 12.6. The first-order chi connectivity index (χ1) is 8.94. The summed E-state index contributed by atoms with van der Waals surface area (Å²) in [7, 11) is 0. The number of aromatic nitrogens is 1. The first-order valence-electron chi connectivity index (χ1n) is 6.35. The normalized spacial score (nSPS) is 12.5. The lowest BCUT2D eigenvalue weighted by molar-refractivity contribution is -0.137. The summed E-state index contributed by atoms with van der Waals surface area (Å²) < 4.78 is 37.9. The van der Waals surface area contributed by atoms with E-state index in [4.69, 9.17) is 0 Å². The monoisotopic (exact) mass is 270 g/mol. The highest BCUT2D eigenvalue weighted by Crippen LogP contribution is 2.31. The van der Waals surface area contributed by atoms with Crippen molar-refractivity contribution >= 4 is 10.9 Å². The molecule has 104 valence electrons. The molecule has 0 bridgehead atoms. The molecule has 0 fully saturated rings. The second-order valence-corrected chi connectivity index (χ2v) is 4.56. The average Bonchev–Trinajstić information content (AvgIpc) is 2.76. The van der Waals surface area contributed by atoms with Crippen LogP contribution < -0.4 is 0 Å². The van der Waals surface area contributed by atoms with Crippen molar-refractivity contribution in [2.45, 2.75) is 26.6 Å². The average molecular weight is 270 g/mol. The number of rotatable bonds is 4. The Hall–Kier alpha value is -1.49. The maximum atomic E-state index is 12.6. The molecule has 2 aromatic rings. The number of nitrogens with one attached hydrogen (secondary N) is 1. The lowest BCUT2D eigenvalue weighted by Gasteiger charge is -2.16. The molecule has 19 heavy (non-hydrogen) atoms. The van der Waals surface area contributed by atoms with E-state index in [1.54, 1.807) is 0 Å². The van der Waals surface area contributed by atoms with E-state index in [-0.39, 0.29) is 0 Å². The van der Waals surface area contributed by atoms with Gasteiger partial charge in [-0.2, -0.15) is 13.2 Å². The highest BCUT2D eigenvalue weighted by Gasteiger charge is 2.30. The van der Waals surface area contributed by atoms with Gasteiger partial charge in [0.25, 0.3) is 0 Å². The number of halogens is 3. The Morgan fingerprint density at radius 3 is 2.37 bits per heavy atom. The summed E-state index contributed by atoms with van der Waals surface area (Å²) in [5, 5.41) is 0.815. The Morgan fingerprint density at radius 2 is 1.79 bits per heavy atom. The van der Waals surface area contributed by atoms with Crippen LogP contribution in [0.4, 0.5) is 13.2 Å². The van der Waals surface area contributed by atoms with Crippen LogP contribution >= 0.6 is 0 Å². The molecule has 1 aromatic heterocycles. The Labute approximate surface area is 110 Å². The summed E-state index contributed by atoms with van der Waals surface area (Å²) in [5.74, 6) is 0. The standard InChI is InChI=1S/C14H17F3N2/c1-3-19(4-2)9-12-7-10-5-6-11(14(15,16)17)8-13(10)18-12/h5-8,18H,3-4,9H2,1-2H3. The third-order valence-corrected chi connectivity index (χ3v) is 3.29. The van der Waals surface area contributed by atoms with Crippen molar-refractivity contribution in [2.24, 2.45) is 0 Å². The molecule has 1 N–H and O–H groups in total. The van der Waals surface area contributed by atoms with Gasteiger partial charge in [-0.3, -0.25) is 4.90 Å². The molecule has 0 atom stereocenters. The fourth-order valence-electron chi connectivity index (χ4n) is 2.14. The van der Waals surface area contributed by atoms with E-state index < -0.39 is 11.7 Å². The number of alkyl halides is 3. The molecule has 0 aliphatic carbocycles. The Balaban J connectivity index is 2.30. The van der Waals surface area contributed by atoms with Gasteiger partial charge in [-0.15, -0.1) is 0 Å². The number of H-pyrrole nitrogens is 1. The molecule has 2 nitrogen and oxygen atoms in total. The molecular weight excluding hydrogens is 253 g/mol. The lowest BCUT2D eigenvalue weighted by Crippen LogP contribution is -2.22. The minimum absolute atomic E-state index is 0.539. The molecule has 5 heteroatoms. The Kier molecular flexibility index (Phi) is 3.85. The first-order valence-corrected chi connectivity index (χ1v) is 6.35. The van der Waals surface area contributed by atoms with Gasteiger partial charge in [-0.1, -0.05) is 19.9 Å². The minimum atomic E-state index is -4.29. The van der Waals surface area contributed by atoms with Crippen molar-refractivity contribution in [2.75, 3.05) is 13.1 Å². The van der Waals surface area contributed by atoms with Gasteiger partial charge >= 0.3 is 6.18 Å². The highest BCUT2D eigenvalue weighted by atomic mass is 19.4. The van der Waals surface area contributed by atoms with Gasteiger partial charge in [-0.05, 0) is 36.7 Å². The number of benzene rings is 1. The second kappa shape index (κ2) is 5.25. The van der Waals surface area contributed by atoms with E-state index in [1.165, 1.54) is 12.1 Å². The summed E-state index contributed by atoms with van der Waals surface area (Å²) in [6.45, 7) is 6.68. The lowest BCUT2D eigenvalue weighted by atomic mass is 10.1. The van der Waals surface area contributed by atoms with Crippen LogP contribution in [0.25, 0.3) is 10.9 Å². The number of hydrogen-bond donors (Lipinski definition) is 1. The van der Waals surface area contributed by atoms with E-state index in [2.05, 4.69) is 23.7 Å². The van der Waals surface area contributed by atoms with Gasteiger partial charge in [0.05, 0.1) is 5.56 Å². The van der Waals surface area contributed by atoms with Gasteiger partial charge < -0.3 is 4.98 Å². The molecule has 0 saturated carbocycles. The minimum Gasteiger partial charge on any atom is -0.357 e. The molecule has 1 heterocycles. The zero-order chi connectivity index (χ0) is 14.0. The van der Waals surface area contributed by atoms with Crippen LogP contribution in [0.1, 0.15) is 25.1 Å². The van der Waals surface area contributed by atoms with Gasteiger partial charge in [0, 0.05) is 17.8 Å². The number of fused-ring (bicyclic) bond motifs is 1. The fourth-order valence-corrected chi connectivity index (χ4v) is 2.14. The molecule has 0 amide bonds. The van der Waals surface area contributed by atoms with Crippen molar-refractivity contribution in [3.8, 4) is 0 Å². The summed E-state index contributed by atoms with van der Waals surface area (Å²) in [6, 6.07) is 5.71. The second-order valence-electron chi connectivity index (χ2n) is 4.56. The summed E-state index contributed by atoms with van der Waals surface area (Å²) in [5.41, 5.74) is 0.867. The van der Waals surface area contributed by atoms with E-state index >= 15 is 0 Å². The van der Waals surface area contributed by atoms with Gasteiger partial charge in [-0.25, -0.2) is 0 Å². The van der Waals surface area contributed by atoms with Gasteiger partial charge in [0.2, 0.25) is 0 Å². The van der Waals surface area contributed by atoms with Crippen molar-refractivity contribution in [1.82, 2.24) is 9.88 Å². The van der Waals surface area contributed by atoms with E-state index in [1.807, 2.05) is 6.07 Å². The Bertz CT molecular complexity index is 553. The van der Waals surface area contributed by atoms with Crippen LogP contribution in [-0.2, 0) is 12.7 Å². The quantitative estimate of drug-likeness (QED) is 0.888. The molecule has 2 rings (SSSR count). The van der Waals surface area contributed by atoms with Crippen molar-refractivity contribution in [3.63, 3.8) is 0 Å².